The molecule has 1 amide bonds. The summed E-state index contributed by atoms with van der Waals surface area (Å²) in [6.45, 7) is 3.44. The highest BCUT2D eigenvalue weighted by Gasteiger charge is 2.20. The van der Waals surface area contributed by atoms with Crippen molar-refractivity contribution in [1.82, 2.24) is 4.90 Å². The summed E-state index contributed by atoms with van der Waals surface area (Å²) in [5.41, 5.74) is 7.62. The number of hydrogen-bond acceptors (Lipinski definition) is 2. The number of halogens is 2. The van der Waals surface area contributed by atoms with Crippen molar-refractivity contribution in [2.75, 3.05) is 19.6 Å². The first kappa shape index (κ1) is 14.6. The number of amides is 1. The fourth-order valence-electron chi connectivity index (χ4n) is 1.82. The van der Waals surface area contributed by atoms with Gasteiger partial charge in [-0.25, -0.2) is 8.78 Å². The normalized spacial score (nSPS) is 10.8. The highest BCUT2D eigenvalue weighted by molar-refractivity contribution is 5.95. The quantitative estimate of drug-likeness (QED) is 0.875. The molecule has 0 heterocycles. The van der Waals surface area contributed by atoms with Crippen LogP contribution in [0.1, 0.15) is 21.5 Å². The first-order chi connectivity index (χ1) is 8.45. The zero-order valence-corrected chi connectivity index (χ0v) is 10.6. The first-order valence-electron chi connectivity index (χ1n) is 5.80. The van der Waals surface area contributed by atoms with Gasteiger partial charge in [-0.3, -0.25) is 4.79 Å². The van der Waals surface area contributed by atoms with Gasteiger partial charge in [0.25, 0.3) is 12.3 Å². The molecule has 0 fully saturated rings. The van der Waals surface area contributed by atoms with Gasteiger partial charge in [-0.15, -0.1) is 0 Å². The lowest BCUT2D eigenvalue weighted by atomic mass is 10.0. The topological polar surface area (TPSA) is 46.3 Å². The van der Waals surface area contributed by atoms with E-state index in [0.29, 0.717) is 5.56 Å². The second kappa shape index (κ2) is 6.44. The molecule has 0 atom stereocenters. The largest absolute Gasteiger partial charge is 0.332 e. The lowest BCUT2D eigenvalue weighted by molar-refractivity contribution is 0.0562. The molecule has 5 heteroatoms. The number of aryl methyl sites for hydroxylation is 2. The molecule has 1 aromatic carbocycles. The van der Waals surface area contributed by atoms with Gasteiger partial charge >= 0.3 is 0 Å². The molecule has 100 valence electrons. The van der Waals surface area contributed by atoms with Gasteiger partial charge in [0, 0.05) is 18.7 Å². The van der Waals surface area contributed by atoms with Crippen LogP contribution in [0.15, 0.2) is 18.2 Å². The van der Waals surface area contributed by atoms with Crippen molar-refractivity contribution in [3.05, 3.63) is 34.9 Å². The van der Waals surface area contributed by atoms with Crippen LogP contribution in [-0.4, -0.2) is 36.9 Å². The maximum absolute atomic E-state index is 12.4. The van der Waals surface area contributed by atoms with E-state index < -0.39 is 18.9 Å². The third-order valence-corrected chi connectivity index (χ3v) is 2.66. The van der Waals surface area contributed by atoms with Gasteiger partial charge in [-0.2, -0.15) is 0 Å². The van der Waals surface area contributed by atoms with E-state index in [4.69, 9.17) is 5.73 Å². The second-order valence-corrected chi connectivity index (χ2v) is 4.25. The monoisotopic (exact) mass is 256 g/mol. The highest BCUT2D eigenvalue weighted by atomic mass is 19.3. The van der Waals surface area contributed by atoms with E-state index in [2.05, 4.69) is 0 Å². The third kappa shape index (κ3) is 3.77. The van der Waals surface area contributed by atoms with Crippen molar-refractivity contribution in [2.45, 2.75) is 20.3 Å². The highest BCUT2D eigenvalue weighted by Crippen LogP contribution is 2.14. The Morgan fingerprint density at radius 1 is 1.39 bits per heavy atom. The third-order valence-electron chi connectivity index (χ3n) is 2.66. The molecular weight excluding hydrogens is 238 g/mol. The Hall–Kier alpha value is -1.49. The number of nitrogens with zero attached hydrogens (tertiary/aromatic N) is 1. The number of carbonyl (C=O) groups excluding carboxylic acids is 1. The molecule has 0 saturated heterocycles. The predicted octanol–water partition coefficient (Wildman–Crippen LogP) is 1.97. The molecule has 3 nitrogen and oxygen atoms in total. The van der Waals surface area contributed by atoms with Gasteiger partial charge in [0.2, 0.25) is 0 Å². The molecule has 0 unspecified atom stereocenters. The molecule has 0 aromatic heterocycles. The number of benzene rings is 1. The van der Waals surface area contributed by atoms with Crippen molar-refractivity contribution in [3.63, 3.8) is 0 Å². The standard InChI is InChI=1S/C13H18F2N2O/c1-9-3-4-11(10(2)7-9)13(18)17(6-5-16)8-12(14)15/h3-4,7,12H,5-6,8,16H2,1-2H3. The Bertz CT molecular complexity index is 421. The van der Waals surface area contributed by atoms with Crippen molar-refractivity contribution >= 4 is 5.91 Å². The first-order valence-corrected chi connectivity index (χ1v) is 5.80. The van der Waals surface area contributed by atoms with E-state index in [-0.39, 0.29) is 13.1 Å². The van der Waals surface area contributed by atoms with Crippen LogP contribution >= 0.6 is 0 Å². The minimum absolute atomic E-state index is 0.135. The average Bonchev–Trinajstić information content (AvgIpc) is 2.27. The summed E-state index contributed by atoms with van der Waals surface area (Å²) in [7, 11) is 0. The second-order valence-electron chi connectivity index (χ2n) is 4.25. The molecule has 2 N–H and O–H groups in total. The Morgan fingerprint density at radius 2 is 2.06 bits per heavy atom. The van der Waals surface area contributed by atoms with Gasteiger partial charge in [-0.1, -0.05) is 17.7 Å². The van der Waals surface area contributed by atoms with Crippen LogP contribution in [-0.2, 0) is 0 Å². The van der Waals surface area contributed by atoms with Gasteiger partial charge in [0.1, 0.15) is 0 Å². The number of rotatable bonds is 5. The lowest BCUT2D eigenvalue weighted by Gasteiger charge is -2.22. The number of carbonyl (C=O) groups is 1. The van der Waals surface area contributed by atoms with Crippen LogP contribution in [0.3, 0.4) is 0 Å². The van der Waals surface area contributed by atoms with Crippen molar-refractivity contribution in [1.29, 1.82) is 0 Å². The Balaban J connectivity index is 2.94. The predicted molar refractivity (Wildman–Crippen MR) is 66.9 cm³/mol. The summed E-state index contributed by atoms with van der Waals surface area (Å²) >= 11 is 0. The van der Waals surface area contributed by atoms with Crippen LogP contribution in [0.5, 0.6) is 0 Å². The van der Waals surface area contributed by atoms with Crippen molar-refractivity contribution < 1.29 is 13.6 Å². The molecule has 0 saturated carbocycles. The molecule has 0 spiro atoms. The number of alkyl halides is 2. The lowest BCUT2D eigenvalue weighted by Crippen LogP contribution is -2.39. The Kier molecular flexibility index (Phi) is 5.22. The summed E-state index contributed by atoms with van der Waals surface area (Å²) in [6.07, 6.45) is -2.55. The molecule has 1 rings (SSSR count). The SMILES string of the molecule is Cc1ccc(C(=O)N(CCN)CC(F)F)c(C)c1. The zero-order valence-electron chi connectivity index (χ0n) is 10.6. The molecule has 0 aliphatic rings. The molecule has 0 aliphatic carbocycles. The van der Waals surface area contributed by atoms with Gasteiger partial charge in [0.05, 0.1) is 6.54 Å². The Morgan fingerprint density at radius 3 is 2.56 bits per heavy atom. The molecule has 0 bridgehead atoms. The smallest absolute Gasteiger partial charge is 0.255 e. The molecule has 0 radical (unpaired) electrons. The summed E-state index contributed by atoms with van der Waals surface area (Å²) in [6, 6.07) is 5.32. The van der Waals surface area contributed by atoms with E-state index in [1.54, 1.807) is 19.1 Å². The van der Waals surface area contributed by atoms with Gasteiger partial charge < -0.3 is 10.6 Å². The summed E-state index contributed by atoms with van der Waals surface area (Å²) in [4.78, 5) is 13.2. The van der Waals surface area contributed by atoms with Crippen LogP contribution in [0.4, 0.5) is 8.78 Å². The fourth-order valence-corrected chi connectivity index (χ4v) is 1.82. The summed E-state index contributed by atoms with van der Waals surface area (Å²) < 4.78 is 24.8. The van der Waals surface area contributed by atoms with Gasteiger partial charge in [-0.05, 0) is 25.5 Å². The molecule has 1 aromatic rings. The molecule has 0 aliphatic heterocycles. The minimum Gasteiger partial charge on any atom is -0.332 e. The number of hydrogen-bond donors (Lipinski definition) is 1. The van der Waals surface area contributed by atoms with Crippen LogP contribution < -0.4 is 5.73 Å². The average molecular weight is 256 g/mol. The number of nitrogens with two attached hydrogens (primary N) is 1. The van der Waals surface area contributed by atoms with Crippen LogP contribution in [0, 0.1) is 13.8 Å². The van der Waals surface area contributed by atoms with E-state index in [1.165, 1.54) is 0 Å². The minimum atomic E-state index is -2.55. The van der Waals surface area contributed by atoms with E-state index in [1.807, 2.05) is 13.0 Å². The van der Waals surface area contributed by atoms with Crippen LogP contribution in [0.2, 0.25) is 0 Å². The van der Waals surface area contributed by atoms with E-state index in [0.717, 1.165) is 16.0 Å². The molecule has 18 heavy (non-hydrogen) atoms. The summed E-state index contributed by atoms with van der Waals surface area (Å²) in [5.74, 6) is -0.391. The maximum atomic E-state index is 12.4. The Labute approximate surface area is 106 Å². The van der Waals surface area contributed by atoms with Crippen molar-refractivity contribution in [3.8, 4) is 0 Å². The molecular formula is C13H18F2N2O. The van der Waals surface area contributed by atoms with E-state index >= 15 is 0 Å². The van der Waals surface area contributed by atoms with Crippen molar-refractivity contribution in [2.24, 2.45) is 5.73 Å². The maximum Gasteiger partial charge on any atom is 0.255 e. The zero-order chi connectivity index (χ0) is 13.7. The summed E-state index contributed by atoms with van der Waals surface area (Å²) in [5, 5.41) is 0. The van der Waals surface area contributed by atoms with Gasteiger partial charge in [0.15, 0.2) is 0 Å². The van der Waals surface area contributed by atoms with E-state index in [9.17, 15) is 13.6 Å². The van der Waals surface area contributed by atoms with Crippen LogP contribution in [0.25, 0.3) is 0 Å². The fraction of sp³-hybridized carbons (Fsp3) is 0.462.